The second-order valence-corrected chi connectivity index (χ2v) is 9.82. The quantitative estimate of drug-likeness (QED) is 0.477. The van der Waals surface area contributed by atoms with Crippen molar-refractivity contribution in [2.75, 3.05) is 6.61 Å². The van der Waals surface area contributed by atoms with E-state index in [2.05, 4.69) is 9.97 Å². The third-order valence-corrected chi connectivity index (χ3v) is 7.79. The van der Waals surface area contributed by atoms with Gasteiger partial charge in [-0.2, -0.15) is 0 Å². The number of hydrogen-bond donors (Lipinski definition) is 1. The minimum absolute atomic E-state index is 0.00221. The van der Waals surface area contributed by atoms with Gasteiger partial charge in [0.1, 0.15) is 26.4 Å². The highest BCUT2D eigenvalue weighted by atomic mass is 32.1. The van der Waals surface area contributed by atoms with E-state index in [-0.39, 0.29) is 6.04 Å². The first-order valence-electron chi connectivity index (χ1n) is 9.94. The van der Waals surface area contributed by atoms with Gasteiger partial charge >= 0.3 is 5.97 Å². The van der Waals surface area contributed by atoms with E-state index in [4.69, 9.17) is 15.5 Å². The highest BCUT2D eigenvalue weighted by molar-refractivity contribution is 7.16. The van der Waals surface area contributed by atoms with E-state index in [0.29, 0.717) is 17.3 Å². The molecular formula is C20H24N4O2S3. The third-order valence-electron chi connectivity index (χ3n) is 5.08. The standard InChI is InChI=1S/C20H24N4O2S3/c1-2-26-20(25)16-11-29-19(24-16)15-10-28-18(23-15)14-9-27-17(22-14)13(21)8-12-6-4-3-5-7-12/h9-13H,2-8,21H2,1H3/t13-/m0/s1. The van der Waals surface area contributed by atoms with E-state index < -0.39 is 5.97 Å². The minimum atomic E-state index is -0.401. The summed E-state index contributed by atoms with van der Waals surface area (Å²) in [5, 5.41) is 8.23. The van der Waals surface area contributed by atoms with Crippen LogP contribution in [-0.4, -0.2) is 27.5 Å². The molecule has 154 valence electrons. The largest absolute Gasteiger partial charge is 0.461 e. The van der Waals surface area contributed by atoms with Gasteiger partial charge in [0.15, 0.2) is 5.69 Å². The molecule has 2 N–H and O–H groups in total. The third kappa shape index (κ3) is 4.91. The first-order valence-corrected chi connectivity index (χ1v) is 12.6. The van der Waals surface area contributed by atoms with Crippen LogP contribution >= 0.6 is 34.0 Å². The van der Waals surface area contributed by atoms with E-state index in [1.165, 1.54) is 54.8 Å². The predicted molar refractivity (Wildman–Crippen MR) is 118 cm³/mol. The molecule has 1 aliphatic carbocycles. The van der Waals surface area contributed by atoms with Crippen LogP contribution in [0.15, 0.2) is 16.1 Å². The molecule has 1 atom stereocenters. The van der Waals surface area contributed by atoms with Gasteiger partial charge in [0.25, 0.3) is 0 Å². The SMILES string of the molecule is CCOC(=O)c1csc(-c2csc(-c3csc([C@@H](N)CC4CCCCC4)n3)n2)n1. The molecule has 3 aromatic rings. The molecule has 6 nitrogen and oxygen atoms in total. The van der Waals surface area contributed by atoms with Crippen molar-refractivity contribution >= 4 is 40.0 Å². The maximum Gasteiger partial charge on any atom is 0.357 e. The molecule has 1 aliphatic rings. The molecule has 29 heavy (non-hydrogen) atoms. The monoisotopic (exact) mass is 448 g/mol. The van der Waals surface area contributed by atoms with E-state index >= 15 is 0 Å². The van der Waals surface area contributed by atoms with Gasteiger partial charge in [-0.25, -0.2) is 19.7 Å². The van der Waals surface area contributed by atoms with Crippen molar-refractivity contribution in [1.82, 2.24) is 15.0 Å². The summed E-state index contributed by atoms with van der Waals surface area (Å²) in [6.45, 7) is 2.11. The molecule has 9 heteroatoms. The Labute approximate surface area is 182 Å². The Morgan fingerprint density at radius 1 is 1.07 bits per heavy atom. The average Bonchev–Trinajstić information content (AvgIpc) is 3.48. The van der Waals surface area contributed by atoms with Crippen LogP contribution in [0.25, 0.3) is 21.4 Å². The second-order valence-electron chi connectivity index (χ2n) is 7.21. The zero-order chi connectivity index (χ0) is 20.2. The summed E-state index contributed by atoms with van der Waals surface area (Å²) in [4.78, 5) is 25.6. The van der Waals surface area contributed by atoms with Crippen molar-refractivity contribution in [3.05, 3.63) is 26.8 Å². The summed E-state index contributed by atoms with van der Waals surface area (Å²) < 4.78 is 5.00. The lowest BCUT2D eigenvalue weighted by Crippen LogP contribution is -2.17. The maximum atomic E-state index is 11.8. The van der Waals surface area contributed by atoms with Gasteiger partial charge in [0, 0.05) is 16.1 Å². The van der Waals surface area contributed by atoms with Crippen LogP contribution in [0.3, 0.4) is 0 Å². The van der Waals surface area contributed by atoms with Crippen LogP contribution < -0.4 is 5.73 Å². The second kappa shape index (κ2) is 9.42. The number of rotatable bonds is 7. The maximum absolute atomic E-state index is 11.8. The van der Waals surface area contributed by atoms with Crippen molar-refractivity contribution in [3.8, 4) is 21.4 Å². The van der Waals surface area contributed by atoms with Gasteiger partial charge in [-0.3, -0.25) is 0 Å². The lowest BCUT2D eigenvalue weighted by Gasteiger charge is -2.23. The van der Waals surface area contributed by atoms with E-state index in [9.17, 15) is 4.79 Å². The van der Waals surface area contributed by atoms with Crippen LogP contribution in [0.1, 0.15) is 67.0 Å². The van der Waals surface area contributed by atoms with Crippen LogP contribution in [0, 0.1) is 5.92 Å². The van der Waals surface area contributed by atoms with Crippen molar-refractivity contribution in [1.29, 1.82) is 0 Å². The molecule has 0 bridgehead atoms. The van der Waals surface area contributed by atoms with Gasteiger partial charge in [-0.05, 0) is 19.3 Å². The first kappa shape index (κ1) is 20.6. The molecule has 1 fully saturated rings. The van der Waals surface area contributed by atoms with Crippen molar-refractivity contribution in [3.63, 3.8) is 0 Å². The molecule has 4 rings (SSSR count). The van der Waals surface area contributed by atoms with Crippen LogP contribution in [0.4, 0.5) is 0 Å². The molecule has 0 aromatic carbocycles. The summed E-state index contributed by atoms with van der Waals surface area (Å²) in [5.41, 5.74) is 8.39. The molecule has 0 radical (unpaired) electrons. The number of esters is 1. The van der Waals surface area contributed by atoms with Crippen LogP contribution in [-0.2, 0) is 4.74 Å². The Balaban J connectivity index is 1.44. The number of hydrogen-bond acceptors (Lipinski definition) is 9. The number of nitrogens with zero attached hydrogens (tertiary/aromatic N) is 3. The molecule has 0 spiro atoms. The van der Waals surface area contributed by atoms with Gasteiger partial charge < -0.3 is 10.5 Å². The fraction of sp³-hybridized carbons (Fsp3) is 0.500. The van der Waals surface area contributed by atoms with Crippen molar-refractivity contribution in [2.45, 2.75) is 51.5 Å². The van der Waals surface area contributed by atoms with E-state index in [1.807, 2.05) is 10.8 Å². The molecule has 1 saturated carbocycles. The summed E-state index contributed by atoms with van der Waals surface area (Å²) in [5.74, 6) is 0.331. The number of carbonyl (C=O) groups excluding carboxylic acids is 1. The van der Waals surface area contributed by atoms with Crippen molar-refractivity contribution in [2.24, 2.45) is 11.7 Å². The molecule has 0 saturated heterocycles. The number of nitrogens with two attached hydrogens (primary N) is 1. The van der Waals surface area contributed by atoms with Gasteiger partial charge in [-0.1, -0.05) is 32.1 Å². The Hall–Kier alpha value is -1.68. The normalized spacial score (nSPS) is 16.1. The molecule has 0 aliphatic heterocycles. The fourth-order valence-corrected chi connectivity index (χ4v) is 6.10. The predicted octanol–water partition coefficient (Wildman–Crippen LogP) is 5.54. The summed E-state index contributed by atoms with van der Waals surface area (Å²) in [6, 6.07) is 0.00221. The highest BCUT2D eigenvalue weighted by Gasteiger charge is 2.21. The molecule has 0 unspecified atom stereocenters. The summed E-state index contributed by atoms with van der Waals surface area (Å²) >= 11 is 4.53. The summed E-state index contributed by atoms with van der Waals surface area (Å²) in [7, 11) is 0. The van der Waals surface area contributed by atoms with Crippen molar-refractivity contribution < 1.29 is 9.53 Å². The van der Waals surface area contributed by atoms with Gasteiger partial charge in [0.2, 0.25) is 0 Å². The highest BCUT2D eigenvalue weighted by Crippen LogP contribution is 2.35. The Kier molecular flexibility index (Phi) is 6.69. The molecule has 0 amide bonds. The average molecular weight is 449 g/mol. The topological polar surface area (TPSA) is 91.0 Å². The Morgan fingerprint density at radius 2 is 1.76 bits per heavy atom. The first-order chi connectivity index (χ1) is 14.1. The van der Waals surface area contributed by atoms with E-state index in [0.717, 1.165) is 33.7 Å². The van der Waals surface area contributed by atoms with Gasteiger partial charge in [0.05, 0.1) is 12.6 Å². The smallest absolute Gasteiger partial charge is 0.357 e. The molecule has 3 aromatic heterocycles. The Bertz CT molecular complexity index is 959. The fourth-order valence-electron chi connectivity index (χ4n) is 3.62. The van der Waals surface area contributed by atoms with E-state index in [1.54, 1.807) is 23.6 Å². The Morgan fingerprint density at radius 3 is 2.55 bits per heavy atom. The lowest BCUT2D eigenvalue weighted by atomic mass is 9.85. The number of carbonyl (C=O) groups is 1. The zero-order valence-electron chi connectivity index (χ0n) is 16.3. The van der Waals surface area contributed by atoms with Crippen LogP contribution in [0.2, 0.25) is 0 Å². The summed E-state index contributed by atoms with van der Waals surface area (Å²) in [6.07, 6.45) is 7.63. The molecule has 3 heterocycles. The number of aromatic nitrogens is 3. The minimum Gasteiger partial charge on any atom is -0.461 e. The zero-order valence-corrected chi connectivity index (χ0v) is 18.7. The lowest BCUT2D eigenvalue weighted by molar-refractivity contribution is 0.0520. The number of thiazole rings is 3. The van der Waals surface area contributed by atoms with Crippen LogP contribution in [0.5, 0.6) is 0 Å². The number of ether oxygens (including phenoxy) is 1. The molecular weight excluding hydrogens is 424 g/mol. The van der Waals surface area contributed by atoms with Gasteiger partial charge in [-0.15, -0.1) is 34.0 Å².